The fraction of sp³-hybridized carbons (Fsp3) is 0.241. The van der Waals surface area contributed by atoms with Crippen LogP contribution in [0.2, 0.25) is 5.04 Å². The summed E-state index contributed by atoms with van der Waals surface area (Å²) in [4.78, 5) is 0. The Morgan fingerprint density at radius 1 is 0.742 bits per heavy atom. The molecule has 0 bridgehead atoms. The molecule has 0 unspecified atom stereocenters. The van der Waals surface area contributed by atoms with Gasteiger partial charge in [-0.25, -0.2) is 0 Å². The normalized spacial score (nSPS) is 11.8. The van der Waals surface area contributed by atoms with Gasteiger partial charge >= 0.3 is 0 Å². The lowest BCUT2D eigenvalue weighted by Crippen LogP contribution is -2.66. The van der Waals surface area contributed by atoms with E-state index in [1.807, 2.05) is 30.3 Å². The Morgan fingerprint density at radius 2 is 1.26 bits per heavy atom. The van der Waals surface area contributed by atoms with Gasteiger partial charge in [0.2, 0.25) is 0 Å². The molecule has 0 amide bonds. The minimum Gasteiger partial charge on any atom is -0.407 e. The van der Waals surface area contributed by atoms with Crippen molar-refractivity contribution in [3.05, 3.63) is 109 Å². The third-order valence-corrected chi connectivity index (χ3v) is 10.5. The van der Waals surface area contributed by atoms with Gasteiger partial charge in [0.1, 0.15) is 0 Å². The predicted octanol–water partition coefficient (Wildman–Crippen LogP) is 5.95. The third-order valence-electron chi connectivity index (χ3n) is 5.41. The van der Waals surface area contributed by atoms with Gasteiger partial charge in [-0.1, -0.05) is 124 Å². The molecular weight excluding hydrogens is 392 g/mol. The lowest BCUT2D eigenvalue weighted by atomic mass is 10.2. The standard InChI is InChI=1S/C29H32OSi/c1-29(2,3)31(27-21-13-8-14-22-27,28-23-15-9-16-24-28)30-25-17-6-4-5-10-18-26-19-11-7-12-20-26/h4,6-9,11-16,19-24H,5,17,25H2,1-3H3/b6-4+. The Kier molecular flexibility index (Phi) is 8.06. The molecule has 0 aliphatic carbocycles. The molecule has 0 saturated heterocycles. The molecule has 0 aromatic heterocycles. The average Bonchev–Trinajstić information content (AvgIpc) is 2.79. The molecule has 0 fully saturated rings. The quantitative estimate of drug-likeness (QED) is 0.197. The van der Waals surface area contributed by atoms with Gasteiger partial charge in [-0.05, 0) is 34.0 Å². The fourth-order valence-electron chi connectivity index (χ4n) is 3.98. The maximum atomic E-state index is 6.89. The minimum atomic E-state index is -2.43. The van der Waals surface area contributed by atoms with Crippen molar-refractivity contribution in [2.75, 3.05) is 6.61 Å². The smallest absolute Gasteiger partial charge is 0.261 e. The van der Waals surface area contributed by atoms with E-state index < -0.39 is 8.32 Å². The molecule has 0 heterocycles. The summed E-state index contributed by atoms with van der Waals surface area (Å²) in [5.74, 6) is 6.41. The molecule has 3 aromatic carbocycles. The molecule has 31 heavy (non-hydrogen) atoms. The van der Waals surface area contributed by atoms with Crippen molar-refractivity contribution in [2.45, 2.75) is 38.7 Å². The SMILES string of the molecule is CC(C)(C)[Si](OCC/C=C/CC#Cc1ccccc1)(c1ccccc1)c1ccccc1. The number of benzene rings is 3. The molecule has 0 aliphatic rings. The van der Waals surface area contributed by atoms with E-state index in [0.29, 0.717) is 6.61 Å². The van der Waals surface area contributed by atoms with Gasteiger partial charge in [-0.15, -0.1) is 0 Å². The van der Waals surface area contributed by atoms with Gasteiger partial charge in [0, 0.05) is 18.6 Å². The highest BCUT2D eigenvalue weighted by Gasteiger charge is 2.49. The van der Waals surface area contributed by atoms with Crippen molar-refractivity contribution < 1.29 is 4.43 Å². The lowest BCUT2D eigenvalue weighted by Gasteiger charge is -2.43. The Balaban J connectivity index is 1.71. The first-order chi connectivity index (χ1) is 15.0. The van der Waals surface area contributed by atoms with Crippen LogP contribution in [-0.2, 0) is 4.43 Å². The molecule has 0 aliphatic heterocycles. The van der Waals surface area contributed by atoms with E-state index in [0.717, 1.165) is 18.4 Å². The molecule has 0 radical (unpaired) electrons. The van der Waals surface area contributed by atoms with Crippen LogP contribution in [0.3, 0.4) is 0 Å². The summed E-state index contributed by atoms with van der Waals surface area (Å²) in [6.07, 6.45) is 5.98. The summed E-state index contributed by atoms with van der Waals surface area (Å²) >= 11 is 0. The molecule has 0 saturated carbocycles. The fourth-order valence-corrected chi connectivity index (χ4v) is 8.56. The molecule has 0 spiro atoms. The third kappa shape index (κ3) is 5.85. The first-order valence-corrected chi connectivity index (χ1v) is 12.9. The highest BCUT2D eigenvalue weighted by molar-refractivity contribution is 6.99. The first kappa shape index (κ1) is 22.8. The van der Waals surface area contributed by atoms with E-state index in [2.05, 4.69) is 105 Å². The second kappa shape index (κ2) is 11.0. The van der Waals surface area contributed by atoms with Gasteiger partial charge in [0.15, 0.2) is 0 Å². The van der Waals surface area contributed by atoms with Crippen molar-refractivity contribution in [3.8, 4) is 11.8 Å². The van der Waals surface area contributed by atoms with E-state index in [1.54, 1.807) is 0 Å². The van der Waals surface area contributed by atoms with Gasteiger partial charge < -0.3 is 4.43 Å². The van der Waals surface area contributed by atoms with E-state index in [4.69, 9.17) is 4.43 Å². The van der Waals surface area contributed by atoms with Gasteiger partial charge in [0.05, 0.1) is 0 Å². The number of hydrogen-bond acceptors (Lipinski definition) is 1. The number of rotatable bonds is 7. The van der Waals surface area contributed by atoms with Crippen LogP contribution in [0.25, 0.3) is 0 Å². The van der Waals surface area contributed by atoms with Crippen LogP contribution in [0.5, 0.6) is 0 Å². The summed E-state index contributed by atoms with van der Waals surface area (Å²) in [5.41, 5.74) is 1.06. The Hall–Kier alpha value is -2.86. The Labute approximate surface area is 188 Å². The van der Waals surface area contributed by atoms with Crippen molar-refractivity contribution in [1.29, 1.82) is 0 Å². The predicted molar refractivity (Wildman–Crippen MR) is 135 cm³/mol. The van der Waals surface area contributed by atoms with E-state index in [-0.39, 0.29) is 5.04 Å². The summed E-state index contributed by atoms with van der Waals surface area (Å²) < 4.78 is 6.89. The van der Waals surface area contributed by atoms with Crippen LogP contribution in [0.1, 0.15) is 39.2 Å². The van der Waals surface area contributed by atoms with Crippen molar-refractivity contribution in [1.82, 2.24) is 0 Å². The maximum Gasteiger partial charge on any atom is 0.261 e. The topological polar surface area (TPSA) is 9.23 Å². The summed E-state index contributed by atoms with van der Waals surface area (Å²) in [6, 6.07) is 31.7. The zero-order chi connectivity index (χ0) is 22.0. The van der Waals surface area contributed by atoms with Crippen LogP contribution in [0, 0.1) is 11.8 Å². The average molecular weight is 425 g/mol. The number of hydrogen-bond donors (Lipinski definition) is 0. The van der Waals surface area contributed by atoms with Crippen LogP contribution < -0.4 is 10.4 Å². The Bertz CT molecular complexity index is 967. The second-order valence-corrected chi connectivity index (χ2v) is 12.9. The molecule has 2 heteroatoms. The van der Waals surface area contributed by atoms with Crippen molar-refractivity contribution in [2.24, 2.45) is 0 Å². The zero-order valence-electron chi connectivity index (χ0n) is 18.8. The van der Waals surface area contributed by atoms with E-state index >= 15 is 0 Å². The lowest BCUT2D eigenvalue weighted by molar-refractivity contribution is 0.304. The monoisotopic (exact) mass is 424 g/mol. The highest BCUT2D eigenvalue weighted by Crippen LogP contribution is 2.36. The Morgan fingerprint density at radius 3 is 1.77 bits per heavy atom. The molecule has 3 rings (SSSR count). The summed E-state index contributed by atoms with van der Waals surface area (Å²) in [7, 11) is -2.43. The molecule has 158 valence electrons. The van der Waals surface area contributed by atoms with Crippen molar-refractivity contribution in [3.63, 3.8) is 0 Å². The molecular formula is C29H32OSi. The van der Waals surface area contributed by atoms with Crippen molar-refractivity contribution >= 4 is 18.7 Å². The van der Waals surface area contributed by atoms with Crippen LogP contribution in [0.15, 0.2) is 103 Å². The van der Waals surface area contributed by atoms with Crippen LogP contribution >= 0.6 is 0 Å². The molecule has 0 atom stereocenters. The first-order valence-electron chi connectivity index (χ1n) is 11.0. The molecule has 1 nitrogen and oxygen atoms in total. The van der Waals surface area contributed by atoms with Gasteiger partial charge in [-0.3, -0.25) is 0 Å². The minimum absolute atomic E-state index is 0.0145. The van der Waals surface area contributed by atoms with E-state index in [1.165, 1.54) is 10.4 Å². The maximum absolute atomic E-state index is 6.89. The zero-order valence-corrected chi connectivity index (χ0v) is 19.8. The van der Waals surface area contributed by atoms with Crippen LogP contribution in [-0.4, -0.2) is 14.9 Å². The summed E-state index contributed by atoms with van der Waals surface area (Å²) in [6.45, 7) is 7.65. The van der Waals surface area contributed by atoms with E-state index in [9.17, 15) is 0 Å². The molecule has 3 aromatic rings. The summed E-state index contributed by atoms with van der Waals surface area (Å²) in [5, 5.41) is 2.67. The number of allylic oxidation sites excluding steroid dienone is 1. The highest BCUT2D eigenvalue weighted by atomic mass is 28.4. The van der Waals surface area contributed by atoms with Gasteiger partial charge in [0.25, 0.3) is 8.32 Å². The van der Waals surface area contributed by atoms with Gasteiger partial charge in [-0.2, -0.15) is 0 Å². The second-order valence-electron chi connectivity index (χ2n) is 8.64. The molecule has 0 N–H and O–H groups in total. The largest absolute Gasteiger partial charge is 0.407 e. The van der Waals surface area contributed by atoms with Crippen LogP contribution in [0.4, 0.5) is 0 Å².